The zero-order valence-electron chi connectivity index (χ0n) is 20.8. The monoisotopic (exact) mass is 545 g/mol. The third kappa shape index (κ3) is 6.64. The smallest absolute Gasteiger partial charge is 0.254 e. The van der Waals surface area contributed by atoms with Crippen LogP contribution in [0.1, 0.15) is 35.3 Å². The first kappa shape index (κ1) is 25.7. The summed E-state index contributed by atoms with van der Waals surface area (Å²) in [4.78, 5) is 33.9. The van der Waals surface area contributed by atoms with Crippen LogP contribution in [-0.4, -0.2) is 46.2 Å². The van der Waals surface area contributed by atoms with Crippen molar-refractivity contribution in [2.24, 2.45) is 5.92 Å². The normalized spacial score (nSPS) is 11.1. The average molecular weight is 547 g/mol. The predicted octanol–water partition coefficient (Wildman–Crippen LogP) is 6.30. The standard InChI is InChI=1S/C30H32BrN3O2/c1-22(2)19-34(30(36)24-11-8-12-26(31)17-24)21-29(35)33(20-23-9-4-3-5-10-23)16-15-25-18-32-28-14-7-6-13-27(25)28/h3-14,17-18,22,32H,15-16,19-21H2,1-2H3. The molecule has 0 spiro atoms. The van der Waals surface area contributed by atoms with Crippen LogP contribution < -0.4 is 0 Å². The van der Waals surface area contributed by atoms with Crippen LogP contribution in [0.25, 0.3) is 10.9 Å². The van der Waals surface area contributed by atoms with E-state index < -0.39 is 0 Å². The van der Waals surface area contributed by atoms with Gasteiger partial charge in [0.1, 0.15) is 6.54 Å². The molecule has 5 nitrogen and oxygen atoms in total. The number of rotatable bonds is 10. The minimum absolute atomic E-state index is 0.0459. The zero-order chi connectivity index (χ0) is 25.5. The van der Waals surface area contributed by atoms with E-state index in [0.717, 1.165) is 22.0 Å². The third-order valence-corrected chi connectivity index (χ3v) is 6.66. The van der Waals surface area contributed by atoms with Crippen LogP contribution >= 0.6 is 15.9 Å². The molecule has 0 aliphatic rings. The van der Waals surface area contributed by atoms with Gasteiger partial charge >= 0.3 is 0 Å². The molecule has 3 aromatic carbocycles. The molecule has 36 heavy (non-hydrogen) atoms. The van der Waals surface area contributed by atoms with E-state index in [-0.39, 0.29) is 24.3 Å². The molecule has 4 aromatic rings. The van der Waals surface area contributed by atoms with Crippen LogP contribution in [0.4, 0.5) is 0 Å². The van der Waals surface area contributed by atoms with Gasteiger partial charge in [0, 0.05) is 46.8 Å². The lowest BCUT2D eigenvalue weighted by molar-refractivity contribution is -0.132. The summed E-state index contributed by atoms with van der Waals surface area (Å²) in [5.41, 5.74) is 3.92. The van der Waals surface area contributed by atoms with Crippen molar-refractivity contribution in [2.45, 2.75) is 26.8 Å². The molecule has 0 radical (unpaired) electrons. The van der Waals surface area contributed by atoms with E-state index in [1.54, 1.807) is 17.0 Å². The number of aromatic nitrogens is 1. The highest BCUT2D eigenvalue weighted by atomic mass is 79.9. The minimum Gasteiger partial charge on any atom is -0.361 e. The van der Waals surface area contributed by atoms with Gasteiger partial charge in [0.05, 0.1) is 0 Å². The molecular formula is C30H32BrN3O2. The van der Waals surface area contributed by atoms with Gasteiger partial charge in [-0.3, -0.25) is 9.59 Å². The third-order valence-electron chi connectivity index (χ3n) is 6.17. The van der Waals surface area contributed by atoms with Crippen molar-refractivity contribution >= 4 is 38.6 Å². The maximum atomic E-state index is 13.7. The number of nitrogens with zero attached hydrogens (tertiary/aromatic N) is 2. The second-order valence-corrected chi connectivity index (χ2v) is 10.4. The Labute approximate surface area is 221 Å². The van der Waals surface area contributed by atoms with E-state index in [0.29, 0.717) is 25.2 Å². The van der Waals surface area contributed by atoms with E-state index in [1.165, 1.54) is 10.9 Å². The van der Waals surface area contributed by atoms with Crippen molar-refractivity contribution in [3.05, 3.63) is 106 Å². The number of aromatic amines is 1. The van der Waals surface area contributed by atoms with Gasteiger partial charge in [-0.25, -0.2) is 0 Å². The summed E-state index contributed by atoms with van der Waals surface area (Å²) in [6.45, 7) is 5.75. The quantitative estimate of drug-likeness (QED) is 0.254. The van der Waals surface area contributed by atoms with Crippen molar-refractivity contribution in [1.82, 2.24) is 14.8 Å². The van der Waals surface area contributed by atoms with Gasteiger partial charge in [0.25, 0.3) is 5.91 Å². The van der Waals surface area contributed by atoms with E-state index >= 15 is 0 Å². The summed E-state index contributed by atoms with van der Waals surface area (Å²) in [5.74, 6) is 0.0556. The van der Waals surface area contributed by atoms with E-state index in [4.69, 9.17) is 0 Å². The molecule has 0 bridgehead atoms. The van der Waals surface area contributed by atoms with Crippen LogP contribution in [-0.2, 0) is 17.8 Å². The highest BCUT2D eigenvalue weighted by Crippen LogP contribution is 2.19. The van der Waals surface area contributed by atoms with Crippen LogP contribution in [0.3, 0.4) is 0 Å². The van der Waals surface area contributed by atoms with Crippen molar-refractivity contribution in [3.8, 4) is 0 Å². The first-order chi connectivity index (χ1) is 17.4. The number of H-pyrrole nitrogens is 1. The van der Waals surface area contributed by atoms with E-state index in [1.807, 2.05) is 65.7 Å². The first-order valence-electron chi connectivity index (χ1n) is 12.3. The number of fused-ring (bicyclic) bond motifs is 1. The fraction of sp³-hybridized carbons (Fsp3) is 0.267. The largest absolute Gasteiger partial charge is 0.361 e. The Morgan fingerprint density at radius 3 is 2.42 bits per heavy atom. The second kappa shape index (κ2) is 12.0. The molecule has 2 amide bonds. The average Bonchev–Trinajstić information content (AvgIpc) is 3.29. The number of nitrogens with one attached hydrogen (secondary N) is 1. The van der Waals surface area contributed by atoms with Gasteiger partial charge in [0.2, 0.25) is 5.91 Å². The predicted molar refractivity (Wildman–Crippen MR) is 149 cm³/mol. The van der Waals surface area contributed by atoms with Crippen LogP contribution in [0.2, 0.25) is 0 Å². The van der Waals surface area contributed by atoms with Crippen LogP contribution in [0, 0.1) is 5.92 Å². The van der Waals surface area contributed by atoms with Gasteiger partial charge in [-0.05, 0) is 47.7 Å². The number of hydrogen-bond donors (Lipinski definition) is 1. The van der Waals surface area contributed by atoms with Gasteiger partial charge in [0.15, 0.2) is 0 Å². The van der Waals surface area contributed by atoms with Crippen LogP contribution in [0.5, 0.6) is 0 Å². The lowest BCUT2D eigenvalue weighted by atomic mass is 10.1. The number of halogens is 1. The fourth-order valence-corrected chi connectivity index (χ4v) is 4.82. The molecule has 0 saturated carbocycles. The van der Waals surface area contributed by atoms with E-state index in [9.17, 15) is 9.59 Å². The van der Waals surface area contributed by atoms with Crippen molar-refractivity contribution in [1.29, 1.82) is 0 Å². The number of carbonyl (C=O) groups excluding carboxylic acids is 2. The molecule has 0 atom stereocenters. The molecule has 0 fully saturated rings. The van der Waals surface area contributed by atoms with Crippen molar-refractivity contribution in [3.63, 3.8) is 0 Å². The molecule has 0 unspecified atom stereocenters. The first-order valence-corrected chi connectivity index (χ1v) is 13.1. The van der Waals surface area contributed by atoms with Gasteiger partial charge in [-0.1, -0.05) is 84.4 Å². The molecule has 6 heteroatoms. The molecule has 0 aliphatic carbocycles. The lowest BCUT2D eigenvalue weighted by Crippen LogP contribution is -2.44. The molecular weight excluding hydrogens is 514 g/mol. The molecule has 1 heterocycles. The highest BCUT2D eigenvalue weighted by molar-refractivity contribution is 9.10. The zero-order valence-corrected chi connectivity index (χ0v) is 22.4. The Hall–Kier alpha value is -3.38. The van der Waals surface area contributed by atoms with Crippen molar-refractivity contribution < 1.29 is 9.59 Å². The lowest BCUT2D eigenvalue weighted by Gasteiger charge is -2.29. The van der Waals surface area contributed by atoms with E-state index in [2.05, 4.69) is 46.9 Å². The molecule has 186 valence electrons. The molecule has 0 aliphatic heterocycles. The Bertz CT molecular complexity index is 1320. The summed E-state index contributed by atoms with van der Waals surface area (Å²) >= 11 is 3.45. The summed E-state index contributed by atoms with van der Waals surface area (Å²) < 4.78 is 0.841. The SMILES string of the molecule is CC(C)CN(CC(=O)N(CCc1c[nH]c2ccccc12)Cc1ccccc1)C(=O)c1cccc(Br)c1. The number of para-hydroxylation sites is 1. The summed E-state index contributed by atoms with van der Waals surface area (Å²) in [6.07, 6.45) is 2.75. The van der Waals surface area contributed by atoms with Gasteiger partial charge in [-0.15, -0.1) is 0 Å². The number of carbonyl (C=O) groups is 2. The Morgan fingerprint density at radius 2 is 1.67 bits per heavy atom. The fourth-order valence-electron chi connectivity index (χ4n) is 4.42. The minimum atomic E-state index is -0.130. The molecule has 1 aromatic heterocycles. The highest BCUT2D eigenvalue weighted by Gasteiger charge is 2.23. The van der Waals surface area contributed by atoms with Gasteiger partial charge in [-0.2, -0.15) is 0 Å². The Morgan fingerprint density at radius 1 is 0.917 bits per heavy atom. The molecule has 1 N–H and O–H groups in total. The topological polar surface area (TPSA) is 56.4 Å². The maximum absolute atomic E-state index is 13.7. The van der Waals surface area contributed by atoms with Crippen molar-refractivity contribution in [2.75, 3.05) is 19.6 Å². The van der Waals surface area contributed by atoms with Gasteiger partial charge < -0.3 is 14.8 Å². The number of amides is 2. The Kier molecular flexibility index (Phi) is 8.60. The molecule has 4 rings (SSSR count). The summed E-state index contributed by atoms with van der Waals surface area (Å²) in [5, 5.41) is 1.18. The molecule has 0 saturated heterocycles. The summed E-state index contributed by atoms with van der Waals surface area (Å²) in [7, 11) is 0. The Balaban J connectivity index is 1.54. The second-order valence-electron chi connectivity index (χ2n) is 9.50. The maximum Gasteiger partial charge on any atom is 0.254 e. The number of benzene rings is 3. The summed E-state index contributed by atoms with van der Waals surface area (Å²) in [6, 6.07) is 25.5. The number of hydrogen-bond acceptors (Lipinski definition) is 2. The van der Waals surface area contributed by atoms with Crippen LogP contribution in [0.15, 0.2) is 89.5 Å².